The number of hydrogen-bond acceptors (Lipinski definition) is 3. The van der Waals surface area contributed by atoms with E-state index in [9.17, 15) is 4.79 Å². The van der Waals surface area contributed by atoms with Crippen molar-refractivity contribution in [3.05, 3.63) is 87.1 Å². The molecule has 1 amide bonds. The van der Waals surface area contributed by atoms with Crippen molar-refractivity contribution in [2.75, 3.05) is 0 Å². The van der Waals surface area contributed by atoms with Crippen LogP contribution in [0.1, 0.15) is 34.5 Å². The van der Waals surface area contributed by atoms with E-state index in [4.69, 9.17) is 11.6 Å². The molecule has 0 spiro atoms. The molecular weight excluding hydrogens is 370 g/mol. The van der Waals surface area contributed by atoms with Crippen molar-refractivity contribution in [2.45, 2.75) is 23.6 Å². The summed E-state index contributed by atoms with van der Waals surface area (Å²) >= 11 is 9.30. The molecule has 2 nitrogen and oxygen atoms in total. The van der Waals surface area contributed by atoms with Crippen LogP contribution in [0, 0.1) is 0 Å². The minimum absolute atomic E-state index is 0.0594. The highest BCUT2D eigenvalue weighted by Crippen LogP contribution is 2.27. The zero-order valence-electron chi connectivity index (χ0n) is 13.7. The van der Waals surface area contributed by atoms with E-state index in [1.54, 1.807) is 23.1 Å². The number of carbonyl (C=O) groups excluding carboxylic acids is 1. The molecular formula is C20H18ClNOS2. The zero-order chi connectivity index (χ0) is 17.6. The Hall–Kier alpha value is -1.75. The van der Waals surface area contributed by atoms with Crippen LogP contribution in [0.5, 0.6) is 0 Å². The Morgan fingerprint density at radius 3 is 2.64 bits per heavy atom. The van der Waals surface area contributed by atoms with Crippen LogP contribution in [-0.2, 0) is 5.75 Å². The van der Waals surface area contributed by atoms with Crippen LogP contribution in [0.25, 0.3) is 0 Å². The highest BCUT2D eigenvalue weighted by molar-refractivity contribution is 7.98. The maximum absolute atomic E-state index is 12.7. The lowest BCUT2D eigenvalue weighted by Crippen LogP contribution is -2.27. The number of hydrogen-bond donors (Lipinski definition) is 1. The molecule has 0 aliphatic carbocycles. The van der Waals surface area contributed by atoms with E-state index >= 15 is 0 Å². The predicted octanol–water partition coefficient (Wildman–Crippen LogP) is 6.18. The lowest BCUT2D eigenvalue weighted by Gasteiger charge is -2.16. The van der Waals surface area contributed by atoms with Crippen molar-refractivity contribution in [2.24, 2.45) is 0 Å². The van der Waals surface area contributed by atoms with Crippen LogP contribution in [0.3, 0.4) is 0 Å². The van der Waals surface area contributed by atoms with Gasteiger partial charge in [-0.15, -0.1) is 11.8 Å². The summed E-state index contributed by atoms with van der Waals surface area (Å²) in [5.41, 5.74) is 3.02. The molecule has 0 saturated heterocycles. The molecule has 1 atom stereocenters. The monoisotopic (exact) mass is 387 g/mol. The van der Waals surface area contributed by atoms with Gasteiger partial charge in [0, 0.05) is 15.7 Å². The van der Waals surface area contributed by atoms with Crippen LogP contribution in [-0.4, -0.2) is 5.91 Å². The molecule has 0 aliphatic heterocycles. The van der Waals surface area contributed by atoms with Crippen molar-refractivity contribution < 1.29 is 4.79 Å². The molecule has 1 aromatic heterocycles. The minimum Gasteiger partial charge on any atom is -0.345 e. The number of thioether (sulfide) groups is 1. The molecule has 3 aromatic rings. The SMILES string of the molecule is CC(NC(=O)c1ccccc1SCc1ccsc1)c1ccc(Cl)cc1. The number of rotatable bonds is 6. The van der Waals surface area contributed by atoms with Crippen molar-refractivity contribution >= 4 is 40.6 Å². The lowest BCUT2D eigenvalue weighted by atomic mass is 10.1. The first-order chi connectivity index (χ1) is 12.1. The third-order valence-electron chi connectivity index (χ3n) is 3.82. The second kappa shape index (κ2) is 8.56. The number of amides is 1. The lowest BCUT2D eigenvalue weighted by molar-refractivity contribution is 0.0937. The fraction of sp³-hybridized carbons (Fsp3) is 0.150. The number of carbonyl (C=O) groups is 1. The van der Waals surface area contributed by atoms with E-state index in [0.29, 0.717) is 10.6 Å². The highest BCUT2D eigenvalue weighted by Gasteiger charge is 2.15. The average molecular weight is 388 g/mol. The molecule has 1 N–H and O–H groups in total. The zero-order valence-corrected chi connectivity index (χ0v) is 16.1. The van der Waals surface area contributed by atoms with Crippen molar-refractivity contribution in [1.29, 1.82) is 0 Å². The molecule has 2 aromatic carbocycles. The number of halogens is 1. The quantitative estimate of drug-likeness (QED) is 0.511. The Morgan fingerprint density at radius 1 is 1.16 bits per heavy atom. The van der Waals surface area contributed by atoms with Crippen LogP contribution >= 0.6 is 34.7 Å². The van der Waals surface area contributed by atoms with E-state index in [0.717, 1.165) is 16.2 Å². The third kappa shape index (κ3) is 4.88. The second-order valence-electron chi connectivity index (χ2n) is 5.66. The summed E-state index contributed by atoms with van der Waals surface area (Å²) in [5.74, 6) is 0.802. The molecule has 0 fully saturated rings. The Labute approximate surface area is 161 Å². The molecule has 128 valence electrons. The van der Waals surface area contributed by atoms with Crippen LogP contribution in [0.4, 0.5) is 0 Å². The molecule has 0 bridgehead atoms. The summed E-state index contributed by atoms with van der Waals surface area (Å²) in [6.45, 7) is 1.97. The van der Waals surface area contributed by atoms with Crippen molar-refractivity contribution in [1.82, 2.24) is 5.32 Å². The van der Waals surface area contributed by atoms with Crippen molar-refractivity contribution in [3.8, 4) is 0 Å². The number of benzene rings is 2. The standard InChI is InChI=1S/C20H18ClNOS2/c1-14(16-6-8-17(21)9-7-16)22-20(23)18-4-2-3-5-19(18)25-13-15-10-11-24-12-15/h2-12,14H,13H2,1H3,(H,22,23). The van der Waals surface area contributed by atoms with Gasteiger partial charge in [0.05, 0.1) is 11.6 Å². The minimum atomic E-state index is -0.0836. The van der Waals surface area contributed by atoms with E-state index in [2.05, 4.69) is 22.1 Å². The fourth-order valence-electron chi connectivity index (χ4n) is 2.43. The molecule has 1 heterocycles. The summed E-state index contributed by atoms with van der Waals surface area (Å²) in [6.07, 6.45) is 0. The van der Waals surface area contributed by atoms with Crippen LogP contribution in [0.2, 0.25) is 5.02 Å². The van der Waals surface area contributed by atoms with Crippen LogP contribution in [0.15, 0.2) is 70.3 Å². The van der Waals surface area contributed by atoms with Gasteiger partial charge in [-0.05, 0) is 59.1 Å². The summed E-state index contributed by atoms with van der Waals surface area (Å²) in [4.78, 5) is 13.7. The molecule has 1 unspecified atom stereocenters. The summed E-state index contributed by atoms with van der Waals surface area (Å²) < 4.78 is 0. The van der Waals surface area contributed by atoms with E-state index in [-0.39, 0.29) is 11.9 Å². The van der Waals surface area contributed by atoms with E-state index < -0.39 is 0 Å². The maximum Gasteiger partial charge on any atom is 0.252 e. The van der Waals surface area contributed by atoms with E-state index in [1.165, 1.54) is 5.56 Å². The van der Waals surface area contributed by atoms with Gasteiger partial charge in [0.1, 0.15) is 0 Å². The van der Waals surface area contributed by atoms with Gasteiger partial charge in [-0.3, -0.25) is 4.79 Å². The molecule has 25 heavy (non-hydrogen) atoms. The van der Waals surface area contributed by atoms with Gasteiger partial charge >= 0.3 is 0 Å². The first kappa shape index (κ1) is 18.1. The normalized spacial score (nSPS) is 11.9. The number of nitrogens with one attached hydrogen (secondary N) is 1. The van der Waals surface area contributed by atoms with Gasteiger partial charge in [-0.1, -0.05) is 35.9 Å². The Kier molecular flexibility index (Phi) is 6.19. The molecule has 0 radical (unpaired) electrons. The van der Waals surface area contributed by atoms with Gasteiger partial charge in [-0.25, -0.2) is 0 Å². The highest BCUT2D eigenvalue weighted by atomic mass is 35.5. The predicted molar refractivity (Wildman–Crippen MR) is 108 cm³/mol. The Morgan fingerprint density at radius 2 is 1.92 bits per heavy atom. The summed E-state index contributed by atoms with van der Waals surface area (Å²) in [5, 5.41) is 7.97. The summed E-state index contributed by atoms with van der Waals surface area (Å²) in [6, 6.07) is 17.3. The number of thiophene rings is 1. The first-order valence-electron chi connectivity index (χ1n) is 7.92. The Bertz CT molecular complexity index is 831. The molecule has 0 saturated carbocycles. The fourth-order valence-corrected chi connectivity index (χ4v) is 4.32. The topological polar surface area (TPSA) is 29.1 Å². The van der Waals surface area contributed by atoms with Gasteiger partial charge in [0.15, 0.2) is 0 Å². The molecule has 5 heteroatoms. The molecule has 3 rings (SSSR count). The first-order valence-corrected chi connectivity index (χ1v) is 10.2. The van der Waals surface area contributed by atoms with Gasteiger partial charge in [-0.2, -0.15) is 11.3 Å². The largest absolute Gasteiger partial charge is 0.345 e. The van der Waals surface area contributed by atoms with Crippen molar-refractivity contribution in [3.63, 3.8) is 0 Å². The average Bonchev–Trinajstić information content (AvgIpc) is 3.14. The smallest absolute Gasteiger partial charge is 0.252 e. The van der Waals surface area contributed by atoms with Gasteiger partial charge in [0.2, 0.25) is 0 Å². The Balaban J connectivity index is 1.70. The summed E-state index contributed by atoms with van der Waals surface area (Å²) in [7, 11) is 0. The third-order valence-corrected chi connectivity index (χ3v) is 5.95. The van der Waals surface area contributed by atoms with Gasteiger partial charge < -0.3 is 5.32 Å². The maximum atomic E-state index is 12.7. The van der Waals surface area contributed by atoms with Gasteiger partial charge in [0.25, 0.3) is 5.91 Å². The van der Waals surface area contributed by atoms with E-state index in [1.807, 2.05) is 55.5 Å². The van der Waals surface area contributed by atoms with Crippen LogP contribution < -0.4 is 5.32 Å². The molecule has 0 aliphatic rings. The second-order valence-corrected chi connectivity index (χ2v) is 7.90.